The van der Waals surface area contributed by atoms with Crippen molar-refractivity contribution in [2.45, 2.75) is 18.2 Å². The summed E-state index contributed by atoms with van der Waals surface area (Å²) in [5.41, 5.74) is 1.30. The SMILES string of the molecule is COc1ccccc1CSCC1CCN1. The molecule has 0 spiro atoms. The number of benzene rings is 1. The first-order chi connectivity index (χ1) is 7.40. The molecule has 1 saturated heterocycles. The molecule has 1 heterocycles. The van der Waals surface area contributed by atoms with Crippen LogP contribution in [0.25, 0.3) is 0 Å². The first kappa shape index (κ1) is 10.8. The van der Waals surface area contributed by atoms with Gasteiger partial charge in [-0.2, -0.15) is 11.8 Å². The fourth-order valence-electron chi connectivity index (χ4n) is 1.62. The first-order valence-electron chi connectivity index (χ1n) is 5.33. The number of methoxy groups -OCH3 is 1. The van der Waals surface area contributed by atoms with Crippen LogP contribution in [0.15, 0.2) is 24.3 Å². The van der Waals surface area contributed by atoms with E-state index in [0.717, 1.165) is 17.5 Å². The van der Waals surface area contributed by atoms with Crippen molar-refractivity contribution in [3.05, 3.63) is 29.8 Å². The molecule has 1 aromatic rings. The van der Waals surface area contributed by atoms with Crippen molar-refractivity contribution >= 4 is 11.8 Å². The van der Waals surface area contributed by atoms with E-state index in [2.05, 4.69) is 17.4 Å². The molecule has 0 radical (unpaired) electrons. The summed E-state index contributed by atoms with van der Waals surface area (Å²) in [5.74, 6) is 3.26. The van der Waals surface area contributed by atoms with Crippen LogP contribution in [0.1, 0.15) is 12.0 Å². The number of hydrogen-bond donors (Lipinski definition) is 1. The van der Waals surface area contributed by atoms with Crippen molar-refractivity contribution in [2.75, 3.05) is 19.4 Å². The number of thioether (sulfide) groups is 1. The smallest absolute Gasteiger partial charge is 0.122 e. The molecule has 2 rings (SSSR count). The maximum Gasteiger partial charge on any atom is 0.122 e. The number of rotatable bonds is 5. The van der Waals surface area contributed by atoms with Gasteiger partial charge in [0.25, 0.3) is 0 Å². The van der Waals surface area contributed by atoms with E-state index in [4.69, 9.17) is 4.74 Å². The molecule has 15 heavy (non-hydrogen) atoms. The van der Waals surface area contributed by atoms with Crippen molar-refractivity contribution in [1.29, 1.82) is 0 Å². The lowest BCUT2D eigenvalue weighted by molar-refractivity contribution is 0.405. The van der Waals surface area contributed by atoms with Gasteiger partial charge in [-0.25, -0.2) is 0 Å². The largest absolute Gasteiger partial charge is 0.496 e. The third-order valence-corrected chi connectivity index (χ3v) is 3.85. The molecular weight excluding hydrogens is 206 g/mol. The third kappa shape index (κ3) is 2.89. The Hall–Kier alpha value is -0.670. The van der Waals surface area contributed by atoms with Gasteiger partial charge in [0.05, 0.1) is 7.11 Å². The second-order valence-electron chi connectivity index (χ2n) is 3.77. The van der Waals surface area contributed by atoms with Crippen LogP contribution in [-0.4, -0.2) is 25.4 Å². The molecule has 0 bridgehead atoms. The van der Waals surface area contributed by atoms with Gasteiger partial charge < -0.3 is 10.1 Å². The number of ether oxygens (including phenoxy) is 1. The van der Waals surface area contributed by atoms with Crippen LogP contribution in [0.3, 0.4) is 0 Å². The summed E-state index contributed by atoms with van der Waals surface area (Å²) in [7, 11) is 1.73. The predicted molar refractivity (Wildman–Crippen MR) is 65.6 cm³/mol. The van der Waals surface area contributed by atoms with Gasteiger partial charge in [0.1, 0.15) is 5.75 Å². The third-order valence-electron chi connectivity index (χ3n) is 2.69. The molecule has 1 N–H and O–H groups in total. The zero-order chi connectivity index (χ0) is 10.5. The Bertz CT molecular complexity index is 312. The van der Waals surface area contributed by atoms with Gasteiger partial charge in [0, 0.05) is 23.1 Å². The molecule has 0 saturated carbocycles. The normalized spacial score (nSPS) is 19.7. The van der Waals surface area contributed by atoms with E-state index in [9.17, 15) is 0 Å². The van der Waals surface area contributed by atoms with E-state index in [0.29, 0.717) is 0 Å². The van der Waals surface area contributed by atoms with Gasteiger partial charge in [-0.15, -0.1) is 0 Å². The van der Waals surface area contributed by atoms with Crippen LogP contribution in [0.2, 0.25) is 0 Å². The lowest BCUT2D eigenvalue weighted by Gasteiger charge is -2.27. The average molecular weight is 223 g/mol. The zero-order valence-electron chi connectivity index (χ0n) is 9.03. The lowest BCUT2D eigenvalue weighted by Crippen LogP contribution is -2.44. The fraction of sp³-hybridized carbons (Fsp3) is 0.500. The van der Waals surface area contributed by atoms with Gasteiger partial charge in [-0.05, 0) is 19.0 Å². The molecule has 0 amide bonds. The van der Waals surface area contributed by atoms with Gasteiger partial charge >= 0.3 is 0 Å². The molecule has 1 aliphatic rings. The monoisotopic (exact) mass is 223 g/mol. The molecule has 3 heteroatoms. The molecule has 1 aliphatic heterocycles. The molecule has 1 unspecified atom stereocenters. The van der Waals surface area contributed by atoms with Gasteiger partial charge in [0.15, 0.2) is 0 Å². The molecule has 0 aliphatic carbocycles. The summed E-state index contributed by atoms with van der Waals surface area (Å²) < 4.78 is 5.31. The van der Waals surface area contributed by atoms with Gasteiger partial charge in [-0.3, -0.25) is 0 Å². The first-order valence-corrected chi connectivity index (χ1v) is 6.48. The molecule has 2 nitrogen and oxygen atoms in total. The Morgan fingerprint density at radius 3 is 2.93 bits per heavy atom. The summed E-state index contributed by atoms with van der Waals surface area (Å²) in [6.45, 7) is 1.19. The summed E-state index contributed by atoms with van der Waals surface area (Å²) in [6, 6.07) is 8.99. The van der Waals surface area contributed by atoms with Crippen LogP contribution < -0.4 is 10.1 Å². The van der Waals surface area contributed by atoms with Crippen LogP contribution in [0, 0.1) is 0 Å². The molecule has 1 atom stereocenters. The second-order valence-corrected chi connectivity index (χ2v) is 4.80. The molecule has 0 aromatic heterocycles. The summed E-state index contributed by atoms with van der Waals surface area (Å²) in [4.78, 5) is 0. The highest BCUT2D eigenvalue weighted by Crippen LogP contribution is 2.23. The van der Waals surface area contributed by atoms with E-state index < -0.39 is 0 Å². The van der Waals surface area contributed by atoms with E-state index in [1.165, 1.54) is 24.3 Å². The Morgan fingerprint density at radius 2 is 2.27 bits per heavy atom. The Balaban J connectivity index is 1.81. The van der Waals surface area contributed by atoms with Gasteiger partial charge in [0.2, 0.25) is 0 Å². The quantitative estimate of drug-likeness (QED) is 0.827. The van der Waals surface area contributed by atoms with Crippen molar-refractivity contribution in [3.63, 3.8) is 0 Å². The minimum atomic E-state index is 0.740. The Labute approximate surface area is 95.4 Å². The molecular formula is C12H17NOS. The second kappa shape index (κ2) is 5.42. The van der Waals surface area contributed by atoms with Crippen molar-refractivity contribution < 1.29 is 4.74 Å². The number of nitrogens with one attached hydrogen (secondary N) is 1. The number of hydrogen-bond acceptors (Lipinski definition) is 3. The highest BCUT2D eigenvalue weighted by atomic mass is 32.2. The fourth-order valence-corrected chi connectivity index (χ4v) is 2.77. The van der Waals surface area contributed by atoms with E-state index >= 15 is 0 Å². The highest BCUT2D eigenvalue weighted by molar-refractivity contribution is 7.98. The Kier molecular flexibility index (Phi) is 3.92. The Morgan fingerprint density at radius 1 is 1.47 bits per heavy atom. The molecule has 82 valence electrons. The number of para-hydroxylation sites is 1. The predicted octanol–water partition coefficient (Wildman–Crippen LogP) is 2.29. The maximum absolute atomic E-state index is 5.31. The van der Waals surface area contributed by atoms with E-state index in [-0.39, 0.29) is 0 Å². The highest BCUT2D eigenvalue weighted by Gasteiger charge is 2.15. The summed E-state index contributed by atoms with van der Waals surface area (Å²) in [6.07, 6.45) is 1.33. The standard InChI is InChI=1S/C12H17NOS/c1-14-12-5-3-2-4-10(12)8-15-9-11-6-7-13-11/h2-5,11,13H,6-9H2,1H3. The van der Waals surface area contributed by atoms with Crippen LogP contribution in [0.4, 0.5) is 0 Å². The van der Waals surface area contributed by atoms with Crippen molar-refractivity contribution in [2.24, 2.45) is 0 Å². The van der Waals surface area contributed by atoms with E-state index in [1.807, 2.05) is 23.9 Å². The van der Waals surface area contributed by atoms with Gasteiger partial charge in [-0.1, -0.05) is 18.2 Å². The van der Waals surface area contributed by atoms with E-state index in [1.54, 1.807) is 7.11 Å². The molecule has 1 aromatic carbocycles. The summed E-state index contributed by atoms with van der Waals surface area (Å²) in [5, 5.41) is 3.41. The topological polar surface area (TPSA) is 21.3 Å². The lowest BCUT2D eigenvalue weighted by atomic mass is 10.1. The summed E-state index contributed by atoms with van der Waals surface area (Å²) >= 11 is 1.98. The van der Waals surface area contributed by atoms with Crippen molar-refractivity contribution in [3.8, 4) is 5.75 Å². The van der Waals surface area contributed by atoms with Crippen molar-refractivity contribution in [1.82, 2.24) is 5.32 Å². The maximum atomic E-state index is 5.31. The average Bonchev–Trinajstić information content (AvgIpc) is 2.22. The zero-order valence-corrected chi connectivity index (χ0v) is 9.85. The van der Waals surface area contributed by atoms with Crippen LogP contribution >= 0.6 is 11.8 Å². The minimum absolute atomic E-state index is 0.740. The van der Waals surface area contributed by atoms with Crippen LogP contribution in [-0.2, 0) is 5.75 Å². The van der Waals surface area contributed by atoms with Crippen LogP contribution in [0.5, 0.6) is 5.75 Å². The minimum Gasteiger partial charge on any atom is -0.496 e. The molecule has 1 fully saturated rings.